The maximum absolute atomic E-state index is 13.1. The van der Waals surface area contributed by atoms with Crippen LogP contribution < -0.4 is 5.73 Å². The number of phosphoric acid groups is 1. The topological polar surface area (TPSA) is 171 Å². The number of rotatable bonds is 7. The predicted molar refractivity (Wildman–Crippen MR) is 113 cm³/mol. The van der Waals surface area contributed by atoms with Crippen LogP contribution in [0.25, 0.3) is 5.52 Å². The third-order valence-corrected chi connectivity index (χ3v) is 6.92. The smallest absolute Gasteiger partial charge is 0.454 e. The highest BCUT2D eigenvalue weighted by Gasteiger charge is 2.64. The summed E-state index contributed by atoms with van der Waals surface area (Å²) in [4.78, 5) is 27.0. The lowest BCUT2D eigenvalue weighted by atomic mass is 9.91. The van der Waals surface area contributed by atoms with Crippen molar-refractivity contribution in [1.82, 2.24) is 14.6 Å². The van der Waals surface area contributed by atoms with Crippen molar-refractivity contribution in [3.63, 3.8) is 0 Å². The first kappa shape index (κ1) is 23.6. The molecule has 2 aromatic heterocycles. The van der Waals surface area contributed by atoms with Gasteiger partial charge in [0.1, 0.15) is 30.1 Å². The number of aromatic nitrogens is 3. The van der Waals surface area contributed by atoms with Crippen LogP contribution in [0.5, 0.6) is 0 Å². The molecule has 3 N–H and O–H groups in total. The van der Waals surface area contributed by atoms with Gasteiger partial charge in [0.15, 0.2) is 11.9 Å². The van der Waals surface area contributed by atoms with E-state index < -0.39 is 43.6 Å². The summed E-state index contributed by atoms with van der Waals surface area (Å²) in [5.74, 6) is -0.734. The molecule has 0 radical (unpaired) electrons. The summed E-state index contributed by atoms with van der Waals surface area (Å²) < 4.78 is 35.6. The zero-order chi connectivity index (χ0) is 23.8. The van der Waals surface area contributed by atoms with Crippen molar-refractivity contribution in [2.24, 2.45) is 5.92 Å². The first-order valence-electron chi connectivity index (χ1n) is 10.8. The standard InChI is InChI=1S/C20H26N5O7P/c1-3-5-12(6-4-2)19(26)30-17-16-14(9-29-33(27,28)32-16)31-20(17,10-21)15-8-7-13-18(22)23-11-24-25(13)15/h7-8,11-12,14,16-17H,3-6,9H2,1-2H3,(H,27,28)(H2,22,23,24)/t14-,16-,17-,20+/m1/s1. The number of nitrogens with two attached hydrogens (primary N) is 1. The van der Waals surface area contributed by atoms with Gasteiger partial charge in [-0.2, -0.15) is 10.4 Å². The van der Waals surface area contributed by atoms with Gasteiger partial charge in [-0.05, 0) is 25.0 Å². The van der Waals surface area contributed by atoms with E-state index in [-0.39, 0.29) is 18.1 Å². The summed E-state index contributed by atoms with van der Waals surface area (Å²) in [7, 11) is -4.42. The number of hydrogen-bond donors (Lipinski definition) is 2. The molecule has 2 fully saturated rings. The second-order valence-corrected chi connectivity index (χ2v) is 9.54. The molecule has 0 amide bonds. The molecule has 178 valence electrons. The Hall–Kier alpha value is -2.55. The number of nitrogen functional groups attached to an aromatic ring is 1. The molecule has 0 aliphatic carbocycles. The van der Waals surface area contributed by atoms with Crippen molar-refractivity contribution in [2.45, 2.75) is 63.4 Å². The van der Waals surface area contributed by atoms with Crippen LogP contribution in [-0.2, 0) is 33.5 Å². The van der Waals surface area contributed by atoms with Crippen molar-refractivity contribution in [3.8, 4) is 6.07 Å². The van der Waals surface area contributed by atoms with Gasteiger partial charge in [-0.15, -0.1) is 0 Å². The van der Waals surface area contributed by atoms with Crippen molar-refractivity contribution >= 4 is 25.1 Å². The number of nitriles is 1. The molecule has 12 nitrogen and oxygen atoms in total. The van der Waals surface area contributed by atoms with Gasteiger partial charge in [-0.1, -0.05) is 26.7 Å². The molecule has 2 aromatic rings. The van der Waals surface area contributed by atoms with E-state index in [1.54, 1.807) is 12.1 Å². The zero-order valence-corrected chi connectivity index (χ0v) is 19.2. The number of esters is 1. The average molecular weight is 479 g/mol. The Labute approximate surface area is 190 Å². The molecule has 1 unspecified atom stereocenters. The molecule has 0 spiro atoms. The van der Waals surface area contributed by atoms with E-state index in [9.17, 15) is 19.5 Å². The third-order valence-electron chi connectivity index (χ3n) is 5.94. The maximum atomic E-state index is 13.1. The Morgan fingerprint density at radius 3 is 2.85 bits per heavy atom. The lowest BCUT2D eigenvalue weighted by Gasteiger charge is -2.31. The SMILES string of the molecule is CCCC(CCC)C(=O)O[C@@H]1[C@@H]2OP(=O)(O)OC[C@H]2O[C@@]1(C#N)c1ccc2c(N)ncnn12. The van der Waals surface area contributed by atoms with Crippen LogP contribution in [0.2, 0.25) is 0 Å². The van der Waals surface area contributed by atoms with Crippen molar-refractivity contribution in [3.05, 3.63) is 24.2 Å². The van der Waals surface area contributed by atoms with Crippen molar-refractivity contribution in [1.29, 1.82) is 5.26 Å². The molecule has 4 heterocycles. The van der Waals surface area contributed by atoms with Gasteiger partial charge in [0.05, 0.1) is 18.2 Å². The minimum Gasteiger partial charge on any atom is -0.454 e. The summed E-state index contributed by atoms with van der Waals surface area (Å²) in [5.41, 5.74) is 4.68. The van der Waals surface area contributed by atoms with E-state index in [0.717, 1.165) is 12.8 Å². The quantitative estimate of drug-likeness (QED) is 0.440. The van der Waals surface area contributed by atoms with Gasteiger partial charge >= 0.3 is 13.8 Å². The second kappa shape index (κ2) is 9.00. The lowest BCUT2D eigenvalue weighted by Crippen LogP contribution is -2.46. The van der Waals surface area contributed by atoms with E-state index in [1.165, 1.54) is 10.8 Å². The first-order chi connectivity index (χ1) is 15.8. The predicted octanol–water partition coefficient (Wildman–Crippen LogP) is 2.07. The molecule has 33 heavy (non-hydrogen) atoms. The normalized spacial score (nSPS) is 31.4. The fourth-order valence-corrected chi connectivity index (χ4v) is 5.39. The lowest BCUT2D eigenvalue weighted by molar-refractivity contribution is -0.165. The fraction of sp³-hybridized carbons (Fsp3) is 0.600. The average Bonchev–Trinajstić information content (AvgIpc) is 3.34. The third kappa shape index (κ3) is 4.11. The maximum Gasteiger partial charge on any atom is 0.472 e. The summed E-state index contributed by atoms with van der Waals surface area (Å²) in [5, 5.41) is 14.5. The number of anilines is 1. The van der Waals surface area contributed by atoms with Gasteiger partial charge in [0.25, 0.3) is 0 Å². The number of hydrogen-bond acceptors (Lipinski definition) is 10. The molecule has 4 rings (SSSR count). The van der Waals surface area contributed by atoms with E-state index in [4.69, 9.17) is 24.3 Å². The summed E-state index contributed by atoms with van der Waals surface area (Å²) >= 11 is 0. The van der Waals surface area contributed by atoms with Crippen molar-refractivity contribution < 1.29 is 32.8 Å². The van der Waals surface area contributed by atoms with Crippen LogP contribution in [0.15, 0.2) is 18.5 Å². The van der Waals surface area contributed by atoms with E-state index in [1.807, 2.05) is 13.8 Å². The Kier molecular flexibility index (Phi) is 6.44. The molecule has 13 heteroatoms. The zero-order valence-electron chi connectivity index (χ0n) is 18.3. The van der Waals surface area contributed by atoms with E-state index in [0.29, 0.717) is 18.4 Å². The van der Waals surface area contributed by atoms with Gasteiger partial charge < -0.3 is 20.1 Å². The molecular weight excluding hydrogens is 453 g/mol. The van der Waals surface area contributed by atoms with Gasteiger partial charge in [0, 0.05) is 0 Å². The van der Waals surface area contributed by atoms with E-state index >= 15 is 0 Å². The van der Waals surface area contributed by atoms with Crippen LogP contribution in [0.4, 0.5) is 5.82 Å². The summed E-state index contributed by atoms with van der Waals surface area (Å²) in [6.07, 6.45) is 0.486. The highest BCUT2D eigenvalue weighted by Crippen LogP contribution is 2.55. The molecule has 0 saturated carbocycles. The highest BCUT2D eigenvalue weighted by atomic mass is 31.2. The Balaban J connectivity index is 1.80. The molecule has 2 saturated heterocycles. The Morgan fingerprint density at radius 1 is 1.45 bits per heavy atom. The summed E-state index contributed by atoms with van der Waals surface area (Å²) in [6, 6.07) is 5.28. The molecule has 0 aromatic carbocycles. The first-order valence-corrected chi connectivity index (χ1v) is 12.3. The van der Waals surface area contributed by atoms with E-state index in [2.05, 4.69) is 16.2 Å². The van der Waals surface area contributed by atoms with Crippen molar-refractivity contribution in [2.75, 3.05) is 12.3 Å². The van der Waals surface area contributed by atoms with Crippen LogP contribution in [-0.4, -0.2) is 50.4 Å². The second-order valence-electron chi connectivity index (χ2n) is 8.13. The molecule has 2 aliphatic rings. The molecule has 5 atom stereocenters. The van der Waals surface area contributed by atoms with Crippen LogP contribution in [0, 0.1) is 17.2 Å². The minimum absolute atomic E-state index is 0.179. The number of carbonyl (C=O) groups is 1. The van der Waals surface area contributed by atoms with Gasteiger partial charge in [-0.3, -0.25) is 13.8 Å². The van der Waals surface area contributed by atoms with Crippen LogP contribution in [0.3, 0.4) is 0 Å². The number of fused-ring (bicyclic) bond motifs is 2. The number of nitrogens with zero attached hydrogens (tertiary/aromatic N) is 4. The Bertz CT molecular complexity index is 1130. The monoisotopic (exact) mass is 479 g/mol. The number of phosphoric ester groups is 1. The molecule has 0 bridgehead atoms. The largest absolute Gasteiger partial charge is 0.472 e. The Morgan fingerprint density at radius 2 is 2.18 bits per heavy atom. The minimum atomic E-state index is -4.42. The van der Waals surface area contributed by atoms with Gasteiger partial charge in [0.2, 0.25) is 5.60 Å². The highest BCUT2D eigenvalue weighted by molar-refractivity contribution is 7.47. The van der Waals surface area contributed by atoms with Crippen LogP contribution in [0.1, 0.15) is 45.2 Å². The number of ether oxygens (including phenoxy) is 2. The van der Waals surface area contributed by atoms with Gasteiger partial charge in [-0.25, -0.2) is 14.1 Å². The molecule has 2 aliphatic heterocycles. The van der Waals surface area contributed by atoms with Crippen LogP contribution >= 0.6 is 7.82 Å². The fourth-order valence-electron chi connectivity index (χ4n) is 4.44. The number of carbonyl (C=O) groups excluding carboxylic acids is 1. The summed E-state index contributed by atoms with van der Waals surface area (Å²) in [6.45, 7) is 3.61. The molecular formula is C20H26N5O7P.